The summed E-state index contributed by atoms with van der Waals surface area (Å²) in [5.74, 6) is -1.96. The van der Waals surface area contributed by atoms with Gasteiger partial charge < -0.3 is 5.11 Å². The Morgan fingerprint density at radius 1 is 1.40 bits per heavy atom. The van der Waals surface area contributed by atoms with Gasteiger partial charge in [0.05, 0.1) is 0 Å². The van der Waals surface area contributed by atoms with E-state index in [0.717, 1.165) is 4.90 Å². The second kappa shape index (κ2) is 4.54. The third-order valence-electron chi connectivity index (χ3n) is 2.03. The summed E-state index contributed by atoms with van der Waals surface area (Å²) >= 11 is 0. The Labute approximate surface area is 87.4 Å². The number of carbonyl (C=O) groups is 2. The number of carbonyl (C=O) groups excluding carboxylic acids is 2. The standard InChI is InChI=1S/C10H12N2O3/c1-3-5-7-8(13)11-10(15)12(6-4-2)9(7)14/h3-4,7H,1-2,5-6H2,(H,11,13,15). The number of rotatable bonds is 4. The van der Waals surface area contributed by atoms with Crippen molar-refractivity contribution in [3.05, 3.63) is 25.3 Å². The number of aliphatic hydroxyl groups excluding tert-OH is 1. The van der Waals surface area contributed by atoms with Crippen LogP contribution in [0.3, 0.4) is 0 Å². The van der Waals surface area contributed by atoms with Gasteiger partial charge in [-0.2, -0.15) is 4.99 Å². The molecule has 1 heterocycles. The molecule has 0 radical (unpaired) electrons. The molecule has 1 aliphatic heterocycles. The van der Waals surface area contributed by atoms with Crippen molar-refractivity contribution in [3.63, 3.8) is 0 Å². The SMILES string of the molecule is C=CCC1C(=O)N=C(O)N(CC=C)C1=O. The molecule has 1 unspecified atom stereocenters. The maximum Gasteiger partial charge on any atom is 0.299 e. The minimum atomic E-state index is -0.863. The number of aliphatic imine (C=N–C) groups is 1. The molecule has 0 aliphatic carbocycles. The molecule has 15 heavy (non-hydrogen) atoms. The molecule has 1 N–H and O–H groups in total. The molecule has 5 heteroatoms. The minimum absolute atomic E-state index is 0.134. The third kappa shape index (κ3) is 2.12. The fourth-order valence-corrected chi connectivity index (χ4v) is 1.30. The summed E-state index contributed by atoms with van der Waals surface area (Å²) in [6.45, 7) is 7.04. The second-order valence-corrected chi connectivity index (χ2v) is 3.06. The van der Waals surface area contributed by atoms with Gasteiger partial charge in [0.25, 0.3) is 11.9 Å². The van der Waals surface area contributed by atoms with Gasteiger partial charge in [0, 0.05) is 6.54 Å². The Bertz CT molecular complexity index is 347. The Kier molecular flexibility index (Phi) is 3.38. The van der Waals surface area contributed by atoms with Crippen molar-refractivity contribution in [2.75, 3.05) is 6.54 Å². The zero-order chi connectivity index (χ0) is 11.4. The first kappa shape index (κ1) is 11.2. The number of nitrogens with zero attached hydrogens (tertiary/aromatic N) is 2. The van der Waals surface area contributed by atoms with E-state index in [1.54, 1.807) is 0 Å². The lowest BCUT2D eigenvalue weighted by atomic mass is 10.0. The van der Waals surface area contributed by atoms with Crippen LogP contribution in [-0.4, -0.2) is 34.4 Å². The summed E-state index contributed by atoms with van der Waals surface area (Å²) in [5, 5.41) is 9.29. The lowest BCUT2D eigenvalue weighted by Crippen LogP contribution is -2.47. The molecule has 1 rings (SSSR count). The number of hydrogen-bond donors (Lipinski definition) is 1. The molecule has 0 aromatic rings. The molecule has 0 bridgehead atoms. The van der Waals surface area contributed by atoms with Crippen LogP contribution in [0, 0.1) is 5.92 Å². The van der Waals surface area contributed by atoms with Crippen LogP contribution in [0.25, 0.3) is 0 Å². The maximum absolute atomic E-state index is 11.7. The van der Waals surface area contributed by atoms with Crippen LogP contribution >= 0.6 is 0 Å². The molecule has 0 aromatic heterocycles. The molecule has 80 valence electrons. The highest BCUT2D eigenvalue weighted by molar-refractivity contribution is 6.13. The fourth-order valence-electron chi connectivity index (χ4n) is 1.30. The van der Waals surface area contributed by atoms with E-state index in [1.807, 2.05) is 0 Å². The minimum Gasteiger partial charge on any atom is -0.480 e. The molecule has 1 atom stereocenters. The normalized spacial score (nSPS) is 21.2. The van der Waals surface area contributed by atoms with Gasteiger partial charge in [0.1, 0.15) is 5.92 Å². The molecule has 2 amide bonds. The van der Waals surface area contributed by atoms with Crippen LogP contribution in [0.1, 0.15) is 6.42 Å². The van der Waals surface area contributed by atoms with Crippen LogP contribution in [0.4, 0.5) is 0 Å². The summed E-state index contributed by atoms with van der Waals surface area (Å²) in [6.07, 6.45) is 3.15. The maximum atomic E-state index is 11.7. The van der Waals surface area contributed by atoms with Crippen LogP contribution < -0.4 is 0 Å². The quantitative estimate of drug-likeness (QED) is 0.544. The van der Waals surface area contributed by atoms with E-state index in [4.69, 9.17) is 0 Å². The average Bonchev–Trinajstić information content (AvgIpc) is 2.19. The average molecular weight is 208 g/mol. The number of allylic oxidation sites excluding steroid dienone is 1. The predicted molar refractivity (Wildman–Crippen MR) is 55.3 cm³/mol. The molecule has 0 spiro atoms. The monoisotopic (exact) mass is 208 g/mol. The highest BCUT2D eigenvalue weighted by Gasteiger charge is 2.36. The Hall–Kier alpha value is -1.91. The number of hydrogen-bond acceptors (Lipinski definition) is 2. The summed E-state index contributed by atoms with van der Waals surface area (Å²) in [4.78, 5) is 27.4. The van der Waals surface area contributed by atoms with Crippen molar-refractivity contribution < 1.29 is 14.7 Å². The molecular weight excluding hydrogens is 196 g/mol. The smallest absolute Gasteiger partial charge is 0.299 e. The molecule has 0 saturated carbocycles. The van der Waals surface area contributed by atoms with Gasteiger partial charge in [-0.15, -0.1) is 13.2 Å². The van der Waals surface area contributed by atoms with E-state index in [-0.39, 0.29) is 13.0 Å². The zero-order valence-electron chi connectivity index (χ0n) is 8.22. The van der Waals surface area contributed by atoms with Crippen LogP contribution in [0.5, 0.6) is 0 Å². The van der Waals surface area contributed by atoms with Gasteiger partial charge in [-0.25, -0.2) is 0 Å². The lowest BCUT2D eigenvalue weighted by Gasteiger charge is -2.25. The summed E-state index contributed by atoms with van der Waals surface area (Å²) in [5.41, 5.74) is 0. The van der Waals surface area contributed by atoms with Crippen molar-refractivity contribution in [2.24, 2.45) is 10.9 Å². The Balaban J connectivity index is 2.97. The van der Waals surface area contributed by atoms with Gasteiger partial charge in [-0.3, -0.25) is 14.5 Å². The highest BCUT2D eigenvalue weighted by Crippen LogP contribution is 2.16. The van der Waals surface area contributed by atoms with Gasteiger partial charge in [-0.1, -0.05) is 12.2 Å². The second-order valence-electron chi connectivity index (χ2n) is 3.06. The number of amides is 2. The van der Waals surface area contributed by atoms with Crippen molar-refractivity contribution >= 4 is 17.8 Å². The van der Waals surface area contributed by atoms with E-state index in [0.29, 0.717) is 0 Å². The largest absolute Gasteiger partial charge is 0.480 e. The van der Waals surface area contributed by atoms with Gasteiger partial charge >= 0.3 is 0 Å². The van der Waals surface area contributed by atoms with E-state index in [9.17, 15) is 14.7 Å². The van der Waals surface area contributed by atoms with Crippen LogP contribution in [-0.2, 0) is 9.59 Å². The van der Waals surface area contributed by atoms with Crippen molar-refractivity contribution in [1.82, 2.24) is 4.90 Å². The lowest BCUT2D eigenvalue weighted by molar-refractivity contribution is -0.139. The Morgan fingerprint density at radius 3 is 2.60 bits per heavy atom. The van der Waals surface area contributed by atoms with E-state index < -0.39 is 23.8 Å². The van der Waals surface area contributed by atoms with Gasteiger partial charge in [-0.05, 0) is 6.42 Å². The van der Waals surface area contributed by atoms with E-state index >= 15 is 0 Å². The first-order valence-electron chi connectivity index (χ1n) is 4.46. The van der Waals surface area contributed by atoms with Gasteiger partial charge in [0.15, 0.2) is 0 Å². The topological polar surface area (TPSA) is 70.0 Å². The first-order valence-corrected chi connectivity index (χ1v) is 4.46. The van der Waals surface area contributed by atoms with Crippen LogP contribution in [0.2, 0.25) is 0 Å². The van der Waals surface area contributed by atoms with Crippen molar-refractivity contribution in [2.45, 2.75) is 6.42 Å². The first-order chi connectivity index (χ1) is 7.11. The van der Waals surface area contributed by atoms with Crippen LogP contribution in [0.15, 0.2) is 30.3 Å². The molecule has 1 aliphatic rings. The molecule has 0 fully saturated rings. The molecule has 0 saturated heterocycles. The third-order valence-corrected chi connectivity index (χ3v) is 2.03. The molecular formula is C10H12N2O3. The predicted octanol–water partition coefficient (Wildman–Crippen LogP) is 0.647. The fraction of sp³-hybridized carbons (Fsp3) is 0.300. The number of amidine groups is 1. The Morgan fingerprint density at radius 2 is 2.07 bits per heavy atom. The molecule has 0 aromatic carbocycles. The summed E-state index contributed by atoms with van der Waals surface area (Å²) in [7, 11) is 0. The number of aliphatic hydroxyl groups is 1. The highest BCUT2D eigenvalue weighted by atomic mass is 16.3. The van der Waals surface area contributed by atoms with Crippen molar-refractivity contribution in [3.8, 4) is 0 Å². The van der Waals surface area contributed by atoms with E-state index in [1.165, 1.54) is 12.2 Å². The van der Waals surface area contributed by atoms with E-state index in [2.05, 4.69) is 18.2 Å². The summed E-state index contributed by atoms with van der Waals surface area (Å²) in [6, 6.07) is -0.565. The van der Waals surface area contributed by atoms with Crippen molar-refractivity contribution in [1.29, 1.82) is 0 Å². The molecule has 5 nitrogen and oxygen atoms in total. The van der Waals surface area contributed by atoms with Gasteiger partial charge in [0.2, 0.25) is 5.91 Å². The zero-order valence-corrected chi connectivity index (χ0v) is 8.22. The summed E-state index contributed by atoms with van der Waals surface area (Å²) < 4.78 is 0.